The van der Waals surface area contributed by atoms with E-state index >= 15 is 0 Å². The van der Waals surface area contributed by atoms with Gasteiger partial charge in [0, 0.05) is 28.3 Å². The van der Waals surface area contributed by atoms with Crippen LogP contribution in [0, 0.1) is 11.3 Å². The molecule has 3 aromatic heterocycles. The van der Waals surface area contributed by atoms with Gasteiger partial charge < -0.3 is 0 Å². The van der Waals surface area contributed by atoms with Crippen LogP contribution in [0.25, 0.3) is 28.0 Å². The largest absolute Gasteiger partial charge is 0.291 e. The lowest BCUT2D eigenvalue weighted by Gasteiger charge is -2.00. The van der Waals surface area contributed by atoms with Gasteiger partial charge in [0.25, 0.3) is 5.56 Å². The fourth-order valence-corrected chi connectivity index (χ4v) is 6.08. The monoisotopic (exact) mass is 567 g/mol. The van der Waals surface area contributed by atoms with Gasteiger partial charge in [0.15, 0.2) is 5.82 Å². The first kappa shape index (κ1) is 24.4. The van der Waals surface area contributed by atoms with Crippen LogP contribution in [0.3, 0.4) is 0 Å². The van der Waals surface area contributed by atoms with Crippen molar-refractivity contribution in [3.05, 3.63) is 103 Å². The first-order valence-corrected chi connectivity index (χ1v) is 13.5. The Hall–Kier alpha value is -2.97. The summed E-state index contributed by atoms with van der Waals surface area (Å²) in [7, 11) is 0. The minimum absolute atomic E-state index is 0.0551. The summed E-state index contributed by atoms with van der Waals surface area (Å²) in [6.45, 7) is 4.23. The van der Waals surface area contributed by atoms with Crippen molar-refractivity contribution < 1.29 is 0 Å². The molecule has 1 saturated carbocycles. The van der Waals surface area contributed by atoms with Crippen molar-refractivity contribution in [2.75, 3.05) is 0 Å². The molecule has 3 heterocycles. The zero-order valence-electron chi connectivity index (χ0n) is 19.8. The lowest BCUT2D eigenvalue weighted by atomic mass is 10.1. The first-order valence-electron chi connectivity index (χ1n) is 11.6. The van der Waals surface area contributed by atoms with Crippen molar-refractivity contribution in [1.82, 2.24) is 24.4 Å². The highest BCUT2D eigenvalue weighted by atomic mass is 35.5. The number of fused-ring (bicyclic) bond motifs is 1. The Balaban J connectivity index is 1.43. The van der Waals surface area contributed by atoms with E-state index in [-0.39, 0.29) is 27.3 Å². The Bertz CT molecular complexity index is 1770. The van der Waals surface area contributed by atoms with E-state index in [1.165, 1.54) is 15.9 Å². The average molecular weight is 569 g/mol. The molecule has 0 N–H and O–H groups in total. The van der Waals surface area contributed by atoms with Crippen molar-refractivity contribution in [2.45, 2.75) is 19.8 Å². The molecule has 2 atom stereocenters. The smallest absolute Gasteiger partial charge is 0.266 e. The number of thiazole rings is 1. The molecule has 1 fully saturated rings. The molecular formula is C27H20Cl3N5OS. The zero-order valence-corrected chi connectivity index (χ0v) is 22.9. The number of hydrogen-bond acceptors (Lipinski definition) is 5. The van der Waals surface area contributed by atoms with E-state index in [1.54, 1.807) is 4.68 Å². The lowest BCUT2D eigenvalue weighted by molar-refractivity contribution is 0.585. The highest BCUT2D eigenvalue weighted by Gasteiger charge is 2.59. The zero-order chi connectivity index (χ0) is 25.9. The summed E-state index contributed by atoms with van der Waals surface area (Å²) in [5.74, 6) is 0.815. The van der Waals surface area contributed by atoms with Gasteiger partial charge in [-0.15, -0.1) is 5.10 Å². The van der Waals surface area contributed by atoms with Crippen molar-refractivity contribution in [1.29, 1.82) is 0 Å². The Morgan fingerprint density at radius 2 is 1.78 bits per heavy atom. The molecule has 5 aromatic rings. The van der Waals surface area contributed by atoms with Gasteiger partial charge in [-0.05, 0) is 47.8 Å². The summed E-state index contributed by atoms with van der Waals surface area (Å²) in [6.07, 6.45) is 5.59. The Morgan fingerprint density at radius 3 is 2.46 bits per heavy atom. The van der Waals surface area contributed by atoms with Gasteiger partial charge in [-0.1, -0.05) is 90.3 Å². The Kier molecular flexibility index (Phi) is 5.99. The van der Waals surface area contributed by atoms with Crippen LogP contribution >= 0.6 is 46.1 Å². The van der Waals surface area contributed by atoms with Gasteiger partial charge in [0.2, 0.25) is 4.96 Å². The highest BCUT2D eigenvalue weighted by Crippen LogP contribution is 2.64. The van der Waals surface area contributed by atoms with Gasteiger partial charge in [-0.25, -0.2) is 9.67 Å². The number of rotatable bonds is 5. The van der Waals surface area contributed by atoms with Gasteiger partial charge in [-0.2, -0.15) is 9.61 Å². The predicted octanol–water partition coefficient (Wildman–Crippen LogP) is 6.26. The SMILES string of the molecule is CC1(C)[C@H](C=C(Cl)Cl)[C@@H]1c1nc2s/c(=C\c3cn(-c4ccccc4)nc3-c3ccc(Cl)cc3)c(=O)n2n1. The normalized spacial score (nSPS) is 18.9. The molecule has 0 unspecified atom stereocenters. The minimum Gasteiger partial charge on any atom is -0.266 e. The van der Waals surface area contributed by atoms with E-state index in [1.807, 2.05) is 72.9 Å². The molecule has 2 aromatic carbocycles. The van der Waals surface area contributed by atoms with E-state index in [4.69, 9.17) is 44.9 Å². The second kappa shape index (κ2) is 9.10. The van der Waals surface area contributed by atoms with Crippen molar-refractivity contribution in [3.63, 3.8) is 0 Å². The first-order chi connectivity index (χ1) is 17.7. The summed E-state index contributed by atoms with van der Waals surface area (Å²) in [6, 6.07) is 17.3. The molecule has 0 radical (unpaired) electrons. The molecule has 1 aliphatic carbocycles. The van der Waals surface area contributed by atoms with Crippen LogP contribution in [-0.2, 0) is 0 Å². The number of aromatic nitrogens is 5. The number of nitrogens with zero attached hydrogens (tertiary/aromatic N) is 5. The Labute approximate surface area is 231 Å². The minimum atomic E-state index is -0.214. The number of hydrogen-bond donors (Lipinski definition) is 0. The maximum atomic E-state index is 13.3. The Morgan fingerprint density at radius 1 is 1.05 bits per heavy atom. The van der Waals surface area contributed by atoms with E-state index in [0.717, 1.165) is 22.5 Å². The third-order valence-corrected chi connectivity index (χ3v) is 8.32. The van der Waals surface area contributed by atoms with Crippen molar-refractivity contribution in [2.24, 2.45) is 11.3 Å². The summed E-state index contributed by atoms with van der Waals surface area (Å²) in [5.41, 5.74) is 3.07. The number of para-hydroxylation sites is 1. The molecule has 0 aliphatic heterocycles. The molecule has 6 rings (SSSR count). The van der Waals surface area contributed by atoms with Crippen LogP contribution in [0.4, 0.5) is 0 Å². The standard InChI is InChI=1S/C27H20Cl3N5OS/c1-27(2)19(13-21(29)30)22(27)24-31-26-35(33-24)25(36)20(37-26)12-16-14-34(18-6-4-3-5-7-18)32-23(16)15-8-10-17(28)11-9-15/h3-14,19,22H,1-2H3/b20-12-/t19-,22-/m1/s1. The van der Waals surface area contributed by atoms with Crippen LogP contribution < -0.4 is 10.1 Å². The molecule has 0 spiro atoms. The van der Waals surface area contributed by atoms with Gasteiger partial charge in [-0.3, -0.25) is 4.79 Å². The molecule has 37 heavy (non-hydrogen) atoms. The van der Waals surface area contributed by atoms with Gasteiger partial charge in [0.05, 0.1) is 10.2 Å². The second-order valence-corrected chi connectivity index (χ2v) is 12.0. The topological polar surface area (TPSA) is 65.1 Å². The molecule has 1 aliphatic rings. The van der Waals surface area contributed by atoms with Gasteiger partial charge in [0.1, 0.15) is 10.2 Å². The summed E-state index contributed by atoms with van der Waals surface area (Å²) >= 11 is 19.2. The van der Waals surface area contributed by atoms with E-state index in [0.29, 0.717) is 20.3 Å². The lowest BCUT2D eigenvalue weighted by Crippen LogP contribution is -2.23. The van der Waals surface area contributed by atoms with Crippen LogP contribution in [0.2, 0.25) is 5.02 Å². The molecule has 10 heteroatoms. The van der Waals surface area contributed by atoms with Gasteiger partial charge >= 0.3 is 0 Å². The summed E-state index contributed by atoms with van der Waals surface area (Å²) < 4.78 is 3.95. The van der Waals surface area contributed by atoms with Crippen LogP contribution in [-0.4, -0.2) is 24.4 Å². The quantitative estimate of drug-likeness (QED) is 0.251. The molecule has 0 saturated heterocycles. The van der Waals surface area contributed by atoms with E-state index < -0.39 is 0 Å². The third-order valence-electron chi connectivity index (χ3n) is 6.86. The fourth-order valence-electron chi connectivity index (χ4n) is 4.78. The van der Waals surface area contributed by atoms with Crippen molar-refractivity contribution in [3.8, 4) is 16.9 Å². The number of halogens is 3. The predicted molar refractivity (Wildman–Crippen MR) is 150 cm³/mol. The average Bonchev–Trinajstić information content (AvgIpc) is 3.28. The maximum Gasteiger partial charge on any atom is 0.291 e. The van der Waals surface area contributed by atoms with Crippen molar-refractivity contribution >= 4 is 57.2 Å². The maximum absolute atomic E-state index is 13.3. The molecular weight excluding hydrogens is 549 g/mol. The van der Waals surface area contributed by atoms with E-state index in [2.05, 4.69) is 18.9 Å². The van der Waals surface area contributed by atoms with Crippen LogP contribution in [0.1, 0.15) is 31.2 Å². The molecule has 186 valence electrons. The molecule has 6 nitrogen and oxygen atoms in total. The number of benzene rings is 2. The fraction of sp³-hybridized carbons (Fsp3) is 0.185. The third kappa shape index (κ3) is 4.40. The van der Waals surface area contributed by atoms with E-state index in [9.17, 15) is 4.79 Å². The number of allylic oxidation sites excluding steroid dienone is 1. The molecule has 0 bridgehead atoms. The summed E-state index contributed by atoms with van der Waals surface area (Å²) in [4.78, 5) is 18.6. The molecule has 0 amide bonds. The van der Waals surface area contributed by atoms with Crippen LogP contribution in [0.15, 0.2) is 76.2 Å². The highest BCUT2D eigenvalue weighted by molar-refractivity contribution is 7.15. The summed E-state index contributed by atoms with van der Waals surface area (Å²) in [5, 5.41) is 10.0. The second-order valence-electron chi connectivity index (χ2n) is 9.58. The van der Waals surface area contributed by atoms with Crippen LogP contribution in [0.5, 0.6) is 0 Å².